The lowest BCUT2D eigenvalue weighted by Crippen LogP contribution is -2.49. The Labute approximate surface area is 208 Å². The molecular formula is C27H29F3N4O2. The van der Waals surface area contributed by atoms with Crippen LogP contribution in [0.4, 0.5) is 19.0 Å². The van der Waals surface area contributed by atoms with Gasteiger partial charge < -0.3 is 14.5 Å². The van der Waals surface area contributed by atoms with E-state index in [2.05, 4.69) is 16.8 Å². The second kappa shape index (κ2) is 10.6. The molecule has 1 aromatic heterocycles. The lowest BCUT2D eigenvalue weighted by molar-refractivity contribution is -0.137. The van der Waals surface area contributed by atoms with Crippen molar-refractivity contribution in [1.82, 2.24) is 14.9 Å². The van der Waals surface area contributed by atoms with Gasteiger partial charge in [-0.25, -0.2) is 9.97 Å². The molecule has 9 heteroatoms. The van der Waals surface area contributed by atoms with Crippen LogP contribution in [-0.2, 0) is 19.0 Å². The van der Waals surface area contributed by atoms with Crippen LogP contribution < -0.4 is 9.64 Å². The summed E-state index contributed by atoms with van der Waals surface area (Å²) < 4.78 is 43.8. The molecule has 0 spiro atoms. The van der Waals surface area contributed by atoms with E-state index >= 15 is 0 Å². The van der Waals surface area contributed by atoms with Crippen LogP contribution in [0.3, 0.4) is 0 Å². The third-order valence-electron chi connectivity index (χ3n) is 6.38. The molecule has 1 amide bonds. The summed E-state index contributed by atoms with van der Waals surface area (Å²) in [4.78, 5) is 26.2. The number of benzene rings is 2. The number of hydrogen-bond acceptors (Lipinski definition) is 5. The van der Waals surface area contributed by atoms with Crippen molar-refractivity contribution in [3.8, 4) is 5.75 Å². The predicted molar refractivity (Wildman–Crippen MR) is 132 cm³/mol. The molecule has 0 saturated carbocycles. The van der Waals surface area contributed by atoms with Crippen LogP contribution in [0.15, 0.2) is 48.5 Å². The molecule has 2 heterocycles. The zero-order chi connectivity index (χ0) is 25.9. The fraction of sp³-hybridized carbons (Fsp3) is 0.370. The van der Waals surface area contributed by atoms with Crippen molar-refractivity contribution >= 4 is 11.7 Å². The highest BCUT2D eigenvalue weighted by atomic mass is 19.4. The summed E-state index contributed by atoms with van der Waals surface area (Å²) in [7, 11) is 1.64. The van der Waals surface area contributed by atoms with Gasteiger partial charge >= 0.3 is 6.18 Å². The number of hydrogen-bond donors (Lipinski definition) is 0. The predicted octanol–water partition coefficient (Wildman–Crippen LogP) is 4.93. The minimum absolute atomic E-state index is 0.253. The van der Waals surface area contributed by atoms with Crippen molar-refractivity contribution in [1.29, 1.82) is 0 Å². The van der Waals surface area contributed by atoms with Gasteiger partial charge in [-0.3, -0.25) is 4.79 Å². The Morgan fingerprint density at radius 1 is 0.972 bits per heavy atom. The van der Waals surface area contributed by atoms with Gasteiger partial charge in [0.25, 0.3) is 5.91 Å². The van der Waals surface area contributed by atoms with Crippen LogP contribution in [0.25, 0.3) is 0 Å². The van der Waals surface area contributed by atoms with Crippen molar-refractivity contribution < 1.29 is 22.7 Å². The number of carbonyl (C=O) groups is 1. The van der Waals surface area contributed by atoms with Gasteiger partial charge in [0.2, 0.25) is 0 Å². The minimum Gasteiger partial charge on any atom is -0.497 e. The summed E-state index contributed by atoms with van der Waals surface area (Å²) in [5.41, 5.74) is 2.67. The molecule has 6 nitrogen and oxygen atoms in total. The Kier molecular flexibility index (Phi) is 7.47. The van der Waals surface area contributed by atoms with E-state index in [9.17, 15) is 18.0 Å². The molecule has 36 heavy (non-hydrogen) atoms. The highest BCUT2D eigenvalue weighted by Crippen LogP contribution is 2.30. The van der Waals surface area contributed by atoms with Crippen molar-refractivity contribution in [2.75, 3.05) is 38.2 Å². The molecule has 1 aliphatic rings. The third kappa shape index (κ3) is 5.61. The van der Waals surface area contributed by atoms with Gasteiger partial charge in [-0.05, 0) is 55.3 Å². The number of ether oxygens (including phenoxy) is 1. The average Bonchev–Trinajstić information content (AvgIpc) is 2.89. The summed E-state index contributed by atoms with van der Waals surface area (Å²) in [6.45, 7) is 6.00. The molecule has 1 fully saturated rings. The van der Waals surface area contributed by atoms with Gasteiger partial charge in [0.1, 0.15) is 17.4 Å². The van der Waals surface area contributed by atoms with E-state index in [0.29, 0.717) is 38.4 Å². The van der Waals surface area contributed by atoms with Crippen LogP contribution in [0.2, 0.25) is 0 Å². The summed E-state index contributed by atoms with van der Waals surface area (Å²) >= 11 is 0. The number of alkyl halides is 3. The third-order valence-corrected chi connectivity index (χ3v) is 6.38. The van der Waals surface area contributed by atoms with Gasteiger partial charge in [0, 0.05) is 49.4 Å². The molecule has 190 valence electrons. The van der Waals surface area contributed by atoms with Crippen LogP contribution in [0.1, 0.15) is 45.5 Å². The fourth-order valence-electron chi connectivity index (χ4n) is 4.43. The average molecular weight is 499 g/mol. The molecular weight excluding hydrogens is 469 g/mol. The SMILES string of the molecule is CCc1nc(C)nc(N2CCN(C(=O)c3ccc(C(F)(F)F)cc3)CC2)c1Cc1ccc(OC)cc1. The molecule has 2 aromatic carbocycles. The van der Waals surface area contributed by atoms with Crippen LogP contribution >= 0.6 is 0 Å². The first kappa shape index (κ1) is 25.5. The normalized spacial score (nSPS) is 14.2. The van der Waals surface area contributed by atoms with Crippen molar-refractivity contribution in [2.24, 2.45) is 0 Å². The largest absolute Gasteiger partial charge is 0.497 e. The topological polar surface area (TPSA) is 58.6 Å². The molecule has 4 rings (SSSR count). The number of amides is 1. The number of halogens is 3. The van der Waals surface area contributed by atoms with Crippen molar-refractivity contribution in [2.45, 2.75) is 32.9 Å². The standard InChI is InChI=1S/C27H29F3N4O2/c1-4-24-23(17-19-5-11-22(36-3)12-6-19)25(32-18(2)31-24)33-13-15-34(16-14-33)26(35)20-7-9-21(10-8-20)27(28,29)30/h5-12H,4,13-17H2,1-3H3. The van der Waals surface area contributed by atoms with Crippen LogP contribution in [0, 0.1) is 6.92 Å². The second-order valence-electron chi connectivity index (χ2n) is 8.75. The first-order valence-corrected chi connectivity index (χ1v) is 11.9. The summed E-state index contributed by atoms with van der Waals surface area (Å²) in [6.07, 6.45) is -2.98. The van der Waals surface area contributed by atoms with E-state index in [1.165, 1.54) is 12.1 Å². The Hall–Kier alpha value is -3.62. The number of carbonyl (C=O) groups excluding carboxylic acids is 1. The molecule has 0 N–H and O–H groups in total. The Morgan fingerprint density at radius 3 is 2.17 bits per heavy atom. The molecule has 0 radical (unpaired) electrons. The minimum atomic E-state index is -4.43. The number of aromatic nitrogens is 2. The molecule has 0 aliphatic carbocycles. The monoisotopic (exact) mass is 498 g/mol. The van der Waals surface area contributed by atoms with Gasteiger partial charge in [0.15, 0.2) is 0 Å². The van der Waals surface area contributed by atoms with E-state index in [1.54, 1.807) is 12.0 Å². The Morgan fingerprint density at radius 2 is 1.61 bits per heavy atom. The zero-order valence-corrected chi connectivity index (χ0v) is 20.6. The van der Waals surface area contributed by atoms with E-state index < -0.39 is 11.7 Å². The van der Waals surface area contributed by atoms with E-state index in [-0.39, 0.29) is 11.5 Å². The number of piperazine rings is 1. The number of rotatable bonds is 6. The van der Waals surface area contributed by atoms with Gasteiger partial charge in [-0.1, -0.05) is 19.1 Å². The lowest BCUT2D eigenvalue weighted by atomic mass is 10.0. The Bertz CT molecular complexity index is 1200. The fourth-order valence-corrected chi connectivity index (χ4v) is 4.43. The second-order valence-corrected chi connectivity index (χ2v) is 8.75. The first-order chi connectivity index (χ1) is 17.2. The van der Waals surface area contributed by atoms with Crippen molar-refractivity contribution in [3.05, 3.63) is 82.3 Å². The molecule has 3 aromatic rings. The zero-order valence-electron chi connectivity index (χ0n) is 20.6. The molecule has 0 atom stereocenters. The number of aryl methyl sites for hydroxylation is 2. The number of nitrogens with zero attached hydrogens (tertiary/aromatic N) is 4. The maximum absolute atomic E-state index is 12.9. The molecule has 1 saturated heterocycles. The number of methoxy groups -OCH3 is 1. The van der Waals surface area contributed by atoms with Gasteiger partial charge in [-0.2, -0.15) is 13.2 Å². The maximum atomic E-state index is 12.9. The molecule has 1 aliphatic heterocycles. The highest BCUT2D eigenvalue weighted by Gasteiger charge is 2.31. The van der Waals surface area contributed by atoms with E-state index in [1.807, 2.05) is 31.2 Å². The first-order valence-electron chi connectivity index (χ1n) is 11.9. The van der Waals surface area contributed by atoms with Crippen LogP contribution in [0.5, 0.6) is 5.75 Å². The quantitative estimate of drug-likeness (QED) is 0.483. The lowest BCUT2D eigenvalue weighted by Gasteiger charge is -2.36. The summed E-state index contributed by atoms with van der Waals surface area (Å²) in [6, 6.07) is 12.3. The molecule has 0 unspecified atom stereocenters. The Balaban J connectivity index is 1.51. The van der Waals surface area contributed by atoms with E-state index in [4.69, 9.17) is 9.72 Å². The van der Waals surface area contributed by atoms with E-state index in [0.717, 1.165) is 46.9 Å². The van der Waals surface area contributed by atoms with Crippen LogP contribution in [-0.4, -0.2) is 54.1 Å². The highest BCUT2D eigenvalue weighted by molar-refractivity contribution is 5.94. The van der Waals surface area contributed by atoms with Gasteiger partial charge in [-0.15, -0.1) is 0 Å². The smallest absolute Gasteiger partial charge is 0.416 e. The summed E-state index contributed by atoms with van der Waals surface area (Å²) in [5.74, 6) is 2.10. The summed E-state index contributed by atoms with van der Waals surface area (Å²) in [5, 5.41) is 0. The van der Waals surface area contributed by atoms with Gasteiger partial charge in [0.05, 0.1) is 12.7 Å². The van der Waals surface area contributed by atoms with Crippen molar-refractivity contribution in [3.63, 3.8) is 0 Å². The maximum Gasteiger partial charge on any atom is 0.416 e. The number of anilines is 1. The molecule has 0 bridgehead atoms.